The Morgan fingerprint density at radius 2 is 2.09 bits per heavy atom. The number of thiophene rings is 1. The van der Waals surface area contributed by atoms with Crippen molar-refractivity contribution < 1.29 is 14.3 Å². The van der Waals surface area contributed by atoms with Crippen LogP contribution in [0.5, 0.6) is 11.5 Å². The zero-order valence-corrected chi connectivity index (χ0v) is 13.8. The smallest absolute Gasteiger partial charge is 0.267 e. The minimum absolute atomic E-state index is 0.121. The molecule has 3 aromatic rings. The molecule has 0 saturated heterocycles. The number of hydrogen-bond donors (Lipinski definition) is 1. The third-order valence-electron chi connectivity index (χ3n) is 3.46. The van der Waals surface area contributed by atoms with Crippen LogP contribution in [0.25, 0.3) is 11.3 Å². The van der Waals surface area contributed by atoms with Gasteiger partial charge in [-0.15, -0.1) is 22.7 Å². The highest BCUT2D eigenvalue weighted by Crippen LogP contribution is 2.36. The zero-order valence-electron chi connectivity index (χ0n) is 12.2. The van der Waals surface area contributed by atoms with E-state index >= 15 is 0 Å². The molecule has 7 heteroatoms. The Kier molecular flexibility index (Phi) is 3.51. The lowest BCUT2D eigenvalue weighted by Gasteiger charge is -2.01. The fraction of sp³-hybridized carbons (Fsp3) is 0.125. The van der Waals surface area contributed by atoms with Crippen LogP contribution in [0.2, 0.25) is 0 Å². The summed E-state index contributed by atoms with van der Waals surface area (Å²) in [5.74, 6) is 1.34. The molecule has 2 aromatic heterocycles. The van der Waals surface area contributed by atoms with Crippen molar-refractivity contribution in [3.8, 4) is 22.8 Å². The number of thiazole rings is 1. The van der Waals surface area contributed by atoms with Gasteiger partial charge in [-0.2, -0.15) is 0 Å². The van der Waals surface area contributed by atoms with Crippen molar-refractivity contribution in [2.75, 3.05) is 12.1 Å². The van der Waals surface area contributed by atoms with Crippen LogP contribution in [0.15, 0.2) is 35.0 Å². The molecule has 5 nitrogen and oxygen atoms in total. The van der Waals surface area contributed by atoms with Crippen LogP contribution < -0.4 is 14.8 Å². The highest BCUT2D eigenvalue weighted by atomic mass is 32.1. The average Bonchev–Trinajstić information content (AvgIpc) is 3.26. The number of aryl methyl sites for hydroxylation is 1. The Balaban J connectivity index is 1.55. The second-order valence-electron chi connectivity index (χ2n) is 4.99. The van der Waals surface area contributed by atoms with Gasteiger partial charge >= 0.3 is 0 Å². The number of aromatic nitrogens is 1. The van der Waals surface area contributed by atoms with Crippen molar-refractivity contribution in [3.63, 3.8) is 0 Å². The molecule has 1 aliphatic heterocycles. The molecule has 0 spiro atoms. The first-order chi connectivity index (χ1) is 11.2. The number of nitrogens with zero attached hydrogens (tertiary/aromatic N) is 1. The van der Waals surface area contributed by atoms with Gasteiger partial charge in [0.2, 0.25) is 6.79 Å². The van der Waals surface area contributed by atoms with E-state index in [0.717, 1.165) is 28.3 Å². The van der Waals surface area contributed by atoms with Gasteiger partial charge in [0, 0.05) is 10.9 Å². The lowest BCUT2D eigenvalue weighted by molar-refractivity contribution is 0.103. The second-order valence-corrected chi connectivity index (χ2v) is 6.77. The third kappa shape index (κ3) is 2.69. The fourth-order valence-electron chi connectivity index (χ4n) is 2.28. The summed E-state index contributed by atoms with van der Waals surface area (Å²) in [7, 11) is 0. The van der Waals surface area contributed by atoms with Crippen molar-refractivity contribution in [3.05, 3.63) is 45.5 Å². The maximum absolute atomic E-state index is 12.2. The molecule has 1 aromatic carbocycles. The van der Waals surface area contributed by atoms with Gasteiger partial charge in [-0.05, 0) is 42.1 Å². The number of amides is 1. The largest absolute Gasteiger partial charge is 0.454 e. The summed E-state index contributed by atoms with van der Waals surface area (Å²) >= 11 is 2.83. The standard InChI is InChI=1S/C16H12N2O3S2/c1-9-4-5-22-14(9)15(19)18-16-17-11(7-23-16)10-2-3-12-13(6-10)21-8-20-12/h2-7H,8H2,1H3,(H,17,18,19). The van der Waals surface area contributed by atoms with E-state index in [9.17, 15) is 4.79 Å². The van der Waals surface area contributed by atoms with E-state index in [1.54, 1.807) is 0 Å². The Hall–Kier alpha value is -2.38. The molecule has 4 rings (SSSR count). The molecule has 3 heterocycles. The Labute approximate surface area is 140 Å². The first kappa shape index (κ1) is 14.2. The van der Waals surface area contributed by atoms with E-state index in [4.69, 9.17) is 9.47 Å². The van der Waals surface area contributed by atoms with Crippen LogP contribution in [-0.2, 0) is 0 Å². The quantitative estimate of drug-likeness (QED) is 0.775. The molecule has 116 valence electrons. The predicted molar refractivity (Wildman–Crippen MR) is 90.7 cm³/mol. The van der Waals surface area contributed by atoms with Crippen LogP contribution in [0, 0.1) is 6.92 Å². The summed E-state index contributed by atoms with van der Waals surface area (Å²) in [5, 5.41) is 7.25. The molecule has 0 bridgehead atoms. The van der Waals surface area contributed by atoms with Crippen LogP contribution in [0.1, 0.15) is 15.2 Å². The van der Waals surface area contributed by atoms with Crippen LogP contribution in [0.4, 0.5) is 5.13 Å². The van der Waals surface area contributed by atoms with Gasteiger partial charge in [0.05, 0.1) is 10.6 Å². The second kappa shape index (κ2) is 5.68. The SMILES string of the molecule is Cc1ccsc1C(=O)Nc1nc(-c2ccc3c(c2)OCO3)cs1. The maximum Gasteiger partial charge on any atom is 0.267 e. The summed E-state index contributed by atoms with van der Waals surface area (Å²) in [6.07, 6.45) is 0. The molecule has 1 amide bonds. The van der Waals surface area contributed by atoms with E-state index in [1.165, 1.54) is 22.7 Å². The number of hydrogen-bond acceptors (Lipinski definition) is 6. The number of nitrogens with one attached hydrogen (secondary N) is 1. The topological polar surface area (TPSA) is 60.5 Å². The predicted octanol–water partition coefficient (Wildman–Crippen LogP) is 4.16. The van der Waals surface area contributed by atoms with Gasteiger partial charge in [-0.3, -0.25) is 10.1 Å². The summed E-state index contributed by atoms with van der Waals surface area (Å²) in [5.41, 5.74) is 2.70. The number of rotatable bonds is 3. The van der Waals surface area contributed by atoms with Crippen molar-refractivity contribution in [2.45, 2.75) is 6.92 Å². The summed E-state index contributed by atoms with van der Waals surface area (Å²) < 4.78 is 10.7. The first-order valence-corrected chi connectivity index (χ1v) is 8.67. The summed E-state index contributed by atoms with van der Waals surface area (Å²) in [6, 6.07) is 7.62. The minimum Gasteiger partial charge on any atom is -0.454 e. The lowest BCUT2D eigenvalue weighted by atomic mass is 10.1. The normalized spacial score (nSPS) is 12.4. The molecule has 0 saturated carbocycles. The Morgan fingerprint density at radius 3 is 2.91 bits per heavy atom. The van der Waals surface area contributed by atoms with E-state index < -0.39 is 0 Å². The molecule has 0 fully saturated rings. The fourth-order valence-corrected chi connectivity index (χ4v) is 3.81. The Bertz CT molecular complexity index is 885. The number of benzene rings is 1. The number of carbonyl (C=O) groups is 1. The summed E-state index contributed by atoms with van der Waals surface area (Å²) in [6.45, 7) is 2.17. The van der Waals surface area contributed by atoms with Crippen molar-refractivity contribution in [2.24, 2.45) is 0 Å². The average molecular weight is 344 g/mol. The number of anilines is 1. The molecular formula is C16H12N2O3S2. The highest BCUT2D eigenvalue weighted by Gasteiger charge is 2.16. The van der Waals surface area contributed by atoms with Gasteiger partial charge in [0.25, 0.3) is 5.91 Å². The monoisotopic (exact) mass is 344 g/mol. The molecule has 23 heavy (non-hydrogen) atoms. The summed E-state index contributed by atoms with van der Waals surface area (Å²) in [4.78, 5) is 17.4. The lowest BCUT2D eigenvalue weighted by Crippen LogP contribution is -2.10. The van der Waals surface area contributed by atoms with Crippen LogP contribution in [-0.4, -0.2) is 17.7 Å². The van der Waals surface area contributed by atoms with E-state index in [0.29, 0.717) is 10.0 Å². The zero-order chi connectivity index (χ0) is 15.8. The minimum atomic E-state index is -0.121. The number of carbonyl (C=O) groups excluding carboxylic acids is 1. The first-order valence-electron chi connectivity index (χ1n) is 6.92. The molecule has 0 unspecified atom stereocenters. The third-order valence-corrected chi connectivity index (χ3v) is 5.23. The van der Waals surface area contributed by atoms with E-state index in [1.807, 2.05) is 41.9 Å². The highest BCUT2D eigenvalue weighted by molar-refractivity contribution is 7.14. The number of ether oxygens (including phenoxy) is 2. The van der Waals surface area contributed by atoms with Crippen molar-refractivity contribution >= 4 is 33.7 Å². The molecule has 0 atom stereocenters. The van der Waals surface area contributed by atoms with Crippen LogP contribution >= 0.6 is 22.7 Å². The van der Waals surface area contributed by atoms with Gasteiger partial charge < -0.3 is 9.47 Å². The van der Waals surface area contributed by atoms with Gasteiger partial charge in [-0.25, -0.2) is 4.98 Å². The van der Waals surface area contributed by atoms with Gasteiger partial charge in [0.1, 0.15) is 0 Å². The molecule has 0 aliphatic carbocycles. The van der Waals surface area contributed by atoms with Crippen molar-refractivity contribution in [1.82, 2.24) is 4.98 Å². The Morgan fingerprint density at radius 1 is 1.22 bits per heavy atom. The van der Waals surface area contributed by atoms with Crippen LogP contribution in [0.3, 0.4) is 0 Å². The number of fused-ring (bicyclic) bond motifs is 1. The molecule has 1 N–H and O–H groups in total. The van der Waals surface area contributed by atoms with E-state index in [2.05, 4.69) is 10.3 Å². The molecule has 0 radical (unpaired) electrons. The maximum atomic E-state index is 12.2. The van der Waals surface area contributed by atoms with Gasteiger partial charge in [-0.1, -0.05) is 0 Å². The van der Waals surface area contributed by atoms with Gasteiger partial charge in [0.15, 0.2) is 16.6 Å². The van der Waals surface area contributed by atoms with E-state index in [-0.39, 0.29) is 12.7 Å². The molecular weight excluding hydrogens is 332 g/mol. The van der Waals surface area contributed by atoms with Crippen molar-refractivity contribution in [1.29, 1.82) is 0 Å². The molecule has 1 aliphatic rings.